The fourth-order valence-corrected chi connectivity index (χ4v) is 2.65. The second-order valence-corrected chi connectivity index (χ2v) is 6.22. The molecule has 0 saturated carbocycles. The maximum atomic E-state index is 11.9. The maximum Gasteiger partial charge on any atom is 0.258 e. The van der Waals surface area contributed by atoms with Crippen LogP contribution in [-0.2, 0) is 9.53 Å². The summed E-state index contributed by atoms with van der Waals surface area (Å²) in [5.74, 6) is 0.670. The van der Waals surface area contributed by atoms with Crippen molar-refractivity contribution >= 4 is 5.91 Å². The first kappa shape index (κ1) is 16.8. The minimum atomic E-state index is -0.0712. The van der Waals surface area contributed by atoms with Crippen LogP contribution in [0.15, 0.2) is 18.2 Å². The molecule has 1 aromatic carbocycles. The summed E-state index contributed by atoms with van der Waals surface area (Å²) >= 11 is 0. The highest BCUT2D eigenvalue weighted by Crippen LogP contribution is 2.18. The van der Waals surface area contributed by atoms with E-state index in [2.05, 4.69) is 12.2 Å². The number of rotatable bonds is 7. The first-order valence-electron chi connectivity index (χ1n) is 8.15. The van der Waals surface area contributed by atoms with Gasteiger partial charge in [0.05, 0.1) is 6.10 Å². The number of carbonyl (C=O) groups is 1. The summed E-state index contributed by atoms with van der Waals surface area (Å²) in [4.78, 5) is 11.9. The first-order valence-corrected chi connectivity index (χ1v) is 8.15. The van der Waals surface area contributed by atoms with Gasteiger partial charge in [-0.15, -0.1) is 0 Å². The summed E-state index contributed by atoms with van der Waals surface area (Å²) < 4.78 is 11.1. The fraction of sp³-hybridized carbons (Fsp3) is 0.611. The van der Waals surface area contributed by atoms with E-state index in [-0.39, 0.29) is 18.6 Å². The summed E-state index contributed by atoms with van der Waals surface area (Å²) in [6.07, 6.45) is 4.65. The van der Waals surface area contributed by atoms with Crippen LogP contribution in [0.25, 0.3) is 0 Å². The van der Waals surface area contributed by atoms with Gasteiger partial charge >= 0.3 is 0 Å². The zero-order valence-corrected chi connectivity index (χ0v) is 13.9. The van der Waals surface area contributed by atoms with Crippen LogP contribution >= 0.6 is 0 Å². The molecule has 122 valence electrons. The van der Waals surface area contributed by atoms with Gasteiger partial charge in [0.25, 0.3) is 5.91 Å². The molecule has 1 aliphatic heterocycles. The van der Waals surface area contributed by atoms with E-state index in [1.807, 2.05) is 32.0 Å². The average molecular weight is 305 g/mol. The number of carbonyl (C=O) groups excluding carboxylic acids is 1. The number of nitrogens with one attached hydrogen (secondary N) is 1. The van der Waals surface area contributed by atoms with Crippen molar-refractivity contribution in [3.63, 3.8) is 0 Å². The normalized spacial score (nSPS) is 19.0. The third-order valence-electron chi connectivity index (χ3n) is 4.20. The van der Waals surface area contributed by atoms with E-state index in [1.165, 1.54) is 11.1 Å². The van der Waals surface area contributed by atoms with Crippen molar-refractivity contribution in [3.8, 4) is 5.75 Å². The molecule has 0 bridgehead atoms. The van der Waals surface area contributed by atoms with E-state index in [4.69, 9.17) is 9.47 Å². The highest BCUT2D eigenvalue weighted by molar-refractivity contribution is 5.77. The van der Waals surface area contributed by atoms with Crippen molar-refractivity contribution < 1.29 is 14.3 Å². The van der Waals surface area contributed by atoms with Crippen LogP contribution in [0, 0.1) is 13.8 Å². The van der Waals surface area contributed by atoms with Crippen LogP contribution in [0.3, 0.4) is 0 Å². The molecule has 2 atom stereocenters. The molecule has 1 N–H and O–H groups in total. The quantitative estimate of drug-likeness (QED) is 0.842. The van der Waals surface area contributed by atoms with E-state index < -0.39 is 0 Å². The topological polar surface area (TPSA) is 47.6 Å². The Balaban J connectivity index is 1.66. The minimum Gasteiger partial charge on any atom is -0.484 e. The Bertz CT molecular complexity index is 495. The Hall–Kier alpha value is -1.55. The zero-order chi connectivity index (χ0) is 15.9. The van der Waals surface area contributed by atoms with Gasteiger partial charge < -0.3 is 14.8 Å². The van der Waals surface area contributed by atoms with Crippen LogP contribution in [0.1, 0.15) is 43.7 Å². The molecule has 0 radical (unpaired) electrons. The predicted molar refractivity (Wildman–Crippen MR) is 87.2 cm³/mol. The summed E-state index contributed by atoms with van der Waals surface area (Å²) in [5.41, 5.74) is 2.39. The number of hydrogen-bond donors (Lipinski definition) is 1. The van der Waals surface area contributed by atoms with Crippen molar-refractivity contribution in [2.24, 2.45) is 0 Å². The Kier molecular flexibility index (Phi) is 6.25. The molecule has 1 aliphatic rings. The molecular weight excluding hydrogens is 278 g/mol. The van der Waals surface area contributed by atoms with Crippen molar-refractivity contribution in [2.75, 3.05) is 13.2 Å². The van der Waals surface area contributed by atoms with Crippen LogP contribution in [0.2, 0.25) is 0 Å². The van der Waals surface area contributed by atoms with Crippen LogP contribution in [-0.4, -0.2) is 31.3 Å². The molecule has 0 spiro atoms. The molecule has 1 fully saturated rings. The molecule has 4 heteroatoms. The largest absolute Gasteiger partial charge is 0.484 e. The number of ether oxygens (including phenoxy) is 2. The number of benzene rings is 1. The van der Waals surface area contributed by atoms with Gasteiger partial charge in [-0.3, -0.25) is 4.79 Å². The van der Waals surface area contributed by atoms with Gasteiger partial charge in [0.2, 0.25) is 0 Å². The SMILES string of the molecule is Cc1ccc(OCC(=O)NC(C)CCC2CCCO2)cc1C. The Labute approximate surface area is 133 Å². The van der Waals surface area contributed by atoms with E-state index in [0.29, 0.717) is 6.10 Å². The predicted octanol–water partition coefficient (Wildman–Crippen LogP) is 3.15. The highest BCUT2D eigenvalue weighted by atomic mass is 16.5. The van der Waals surface area contributed by atoms with Crippen molar-refractivity contribution in [3.05, 3.63) is 29.3 Å². The third kappa shape index (κ3) is 5.34. The van der Waals surface area contributed by atoms with Crippen LogP contribution in [0.4, 0.5) is 0 Å². The van der Waals surface area contributed by atoms with Gasteiger partial charge in [-0.1, -0.05) is 6.07 Å². The van der Waals surface area contributed by atoms with E-state index >= 15 is 0 Å². The smallest absolute Gasteiger partial charge is 0.258 e. The van der Waals surface area contributed by atoms with Gasteiger partial charge in [0.1, 0.15) is 5.75 Å². The van der Waals surface area contributed by atoms with Crippen LogP contribution in [0.5, 0.6) is 5.75 Å². The maximum absolute atomic E-state index is 11.9. The number of amides is 1. The van der Waals surface area contributed by atoms with Crippen LogP contribution < -0.4 is 10.1 Å². The Morgan fingerprint density at radius 3 is 2.91 bits per heavy atom. The molecule has 1 amide bonds. The Morgan fingerprint density at radius 2 is 2.23 bits per heavy atom. The molecule has 22 heavy (non-hydrogen) atoms. The zero-order valence-electron chi connectivity index (χ0n) is 13.9. The van der Waals surface area contributed by atoms with E-state index in [9.17, 15) is 4.79 Å². The van der Waals surface area contributed by atoms with Crippen molar-refractivity contribution in [2.45, 2.75) is 58.6 Å². The lowest BCUT2D eigenvalue weighted by atomic mass is 10.1. The van der Waals surface area contributed by atoms with E-state index in [0.717, 1.165) is 38.0 Å². The number of aryl methyl sites for hydroxylation is 2. The lowest BCUT2D eigenvalue weighted by molar-refractivity contribution is -0.123. The lowest BCUT2D eigenvalue weighted by Gasteiger charge is -2.16. The molecule has 2 rings (SSSR count). The van der Waals surface area contributed by atoms with E-state index in [1.54, 1.807) is 0 Å². The summed E-state index contributed by atoms with van der Waals surface area (Å²) in [7, 11) is 0. The van der Waals surface area contributed by atoms with Gasteiger partial charge in [0.15, 0.2) is 6.61 Å². The van der Waals surface area contributed by atoms with Crippen molar-refractivity contribution in [1.82, 2.24) is 5.32 Å². The third-order valence-corrected chi connectivity index (χ3v) is 4.20. The van der Waals surface area contributed by atoms with Gasteiger partial charge in [-0.25, -0.2) is 0 Å². The summed E-state index contributed by atoms with van der Waals surface area (Å²) in [6.45, 7) is 7.07. The summed E-state index contributed by atoms with van der Waals surface area (Å²) in [6, 6.07) is 6.02. The molecule has 1 heterocycles. The molecule has 4 nitrogen and oxygen atoms in total. The van der Waals surface area contributed by atoms with Crippen molar-refractivity contribution in [1.29, 1.82) is 0 Å². The average Bonchev–Trinajstić information content (AvgIpc) is 3.00. The van der Waals surface area contributed by atoms with Gasteiger partial charge in [-0.2, -0.15) is 0 Å². The molecule has 0 aliphatic carbocycles. The monoisotopic (exact) mass is 305 g/mol. The second-order valence-electron chi connectivity index (χ2n) is 6.22. The highest BCUT2D eigenvalue weighted by Gasteiger charge is 2.17. The lowest BCUT2D eigenvalue weighted by Crippen LogP contribution is -2.36. The number of hydrogen-bond acceptors (Lipinski definition) is 3. The first-order chi connectivity index (χ1) is 10.5. The molecule has 2 unspecified atom stereocenters. The Morgan fingerprint density at radius 1 is 1.41 bits per heavy atom. The molecule has 1 aromatic rings. The molecule has 1 saturated heterocycles. The second kappa shape index (κ2) is 8.18. The van der Waals surface area contributed by atoms with Gasteiger partial charge in [-0.05, 0) is 69.7 Å². The minimum absolute atomic E-state index is 0.0623. The van der Waals surface area contributed by atoms with Gasteiger partial charge in [0, 0.05) is 12.6 Å². The standard InChI is InChI=1S/C18H27NO3/c1-13-6-8-17(11-14(13)2)22-12-18(20)19-15(3)7-9-16-5-4-10-21-16/h6,8,11,15-16H,4-5,7,9-10,12H2,1-3H3,(H,19,20). The fourth-order valence-electron chi connectivity index (χ4n) is 2.65. The summed E-state index contributed by atoms with van der Waals surface area (Å²) in [5, 5.41) is 2.98. The molecule has 0 aromatic heterocycles. The molecular formula is C18H27NO3.